The molecule has 0 atom stereocenters. The van der Waals surface area contributed by atoms with Gasteiger partial charge in [0.05, 0.1) is 0 Å². The molecule has 1 saturated carbocycles. The van der Waals surface area contributed by atoms with Crippen molar-refractivity contribution in [2.45, 2.75) is 65.1 Å². The van der Waals surface area contributed by atoms with Crippen LogP contribution in [0, 0.1) is 5.41 Å². The first-order valence-corrected chi connectivity index (χ1v) is 8.70. The summed E-state index contributed by atoms with van der Waals surface area (Å²) in [5.41, 5.74) is 3.51. The molecule has 1 heterocycles. The topological polar surface area (TPSA) is 15.3 Å². The number of rotatable bonds is 6. The molecular formula is C19H30N2. The van der Waals surface area contributed by atoms with Crippen LogP contribution in [-0.4, -0.2) is 24.0 Å². The highest BCUT2D eigenvalue weighted by atomic mass is 15.1. The lowest BCUT2D eigenvalue weighted by Crippen LogP contribution is -2.37. The van der Waals surface area contributed by atoms with E-state index in [2.05, 4.69) is 48.3 Å². The van der Waals surface area contributed by atoms with Crippen LogP contribution in [-0.2, 0) is 13.1 Å². The van der Waals surface area contributed by atoms with Crippen LogP contribution in [0.2, 0.25) is 0 Å². The van der Waals surface area contributed by atoms with Crippen LogP contribution in [0.4, 0.5) is 0 Å². The molecule has 21 heavy (non-hydrogen) atoms. The summed E-state index contributed by atoms with van der Waals surface area (Å²) in [4.78, 5) is 2.63. The van der Waals surface area contributed by atoms with Gasteiger partial charge in [-0.2, -0.15) is 0 Å². The van der Waals surface area contributed by atoms with Crippen molar-refractivity contribution < 1.29 is 0 Å². The minimum absolute atomic E-state index is 0.590. The van der Waals surface area contributed by atoms with Gasteiger partial charge in [-0.1, -0.05) is 44.5 Å². The molecule has 1 aromatic carbocycles. The van der Waals surface area contributed by atoms with E-state index in [0.29, 0.717) is 5.41 Å². The lowest BCUT2D eigenvalue weighted by Gasteiger charge is -2.39. The van der Waals surface area contributed by atoms with E-state index in [9.17, 15) is 0 Å². The van der Waals surface area contributed by atoms with Crippen molar-refractivity contribution in [3.8, 4) is 0 Å². The molecule has 1 aliphatic heterocycles. The molecule has 1 aromatic rings. The van der Waals surface area contributed by atoms with Gasteiger partial charge in [0.15, 0.2) is 0 Å². The molecule has 0 unspecified atom stereocenters. The number of likely N-dealkylation sites (tertiary alicyclic amines) is 1. The second kappa shape index (κ2) is 6.50. The van der Waals surface area contributed by atoms with Gasteiger partial charge in [-0.05, 0) is 55.3 Å². The molecule has 0 bridgehead atoms. The van der Waals surface area contributed by atoms with Gasteiger partial charge in [0, 0.05) is 19.1 Å². The maximum atomic E-state index is 3.61. The Morgan fingerprint density at radius 1 is 1.19 bits per heavy atom. The van der Waals surface area contributed by atoms with E-state index in [4.69, 9.17) is 0 Å². The molecule has 116 valence electrons. The van der Waals surface area contributed by atoms with Crippen molar-refractivity contribution >= 4 is 0 Å². The Hall–Kier alpha value is -0.860. The Morgan fingerprint density at radius 2 is 1.90 bits per heavy atom. The molecule has 1 aliphatic carbocycles. The summed E-state index contributed by atoms with van der Waals surface area (Å²) in [7, 11) is 0. The van der Waals surface area contributed by atoms with Crippen molar-refractivity contribution in [3.05, 3.63) is 35.4 Å². The number of piperidine rings is 1. The molecule has 0 spiro atoms. The van der Waals surface area contributed by atoms with Gasteiger partial charge in [0.1, 0.15) is 0 Å². The minimum atomic E-state index is 0.590. The normalized spacial score (nSPS) is 22.4. The molecular weight excluding hydrogens is 256 g/mol. The van der Waals surface area contributed by atoms with Crippen molar-refractivity contribution in [2.75, 3.05) is 13.1 Å². The molecule has 2 fully saturated rings. The van der Waals surface area contributed by atoms with Crippen LogP contribution in [0.3, 0.4) is 0 Å². The van der Waals surface area contributed by atoms with E-state index >= 15 is 0 Å². The molecule has 2 aliphatic rings. The third-order valence-electron chi connectivity index (χ3n) is 5.49. The summed E-state index contributed by atoms with van der Waals surface area (Å²) >= 11 is 0. The first-order valence-electron chi connectivity index (χ1n) is 8.70. The average molecular weight is 286 g/mol. The number of hydrogen-bond donors (Lipinski definition) is 1. The smallest absolute Gasteiger partial charge is 0.0233 e. The molecule has 2 nitrogen and oxygen atoms in total. The molecule has 2 heteroatoms. The van der Waals surface area contributed by atoms with E-state index in [1.54, 1.807) is 0 Å². The first kappa shape index (κ1) is 15.1. The maximum Gasteiger partial charge on any atom is 0.0233 e. The standard InChI is InChI=1S/C19H30N2/c1-3-19(2)9-11-21(12-10-19)15-17-6-4-5-16(13-17)14-20-18-7-8-18/h4-6,13,18,20H,3,7-12,14-15H2,1-2H3. The van der Waals surface area contributed by atoms with Crippen LogP contribution in [0.5, 0.6) is 0 Å². The third kappa shape index (κ3) is 4.31. The number of hydrogen-bond acceptors (Lipinski definition) is 2. The Bertz CT molecular complexity index is 456. The lowest BCUT2D eigenvalue weighted by molar-refractivity contribution is 0.109. The lowest BCUT2D eigenvalue weighted by atomic mass is 9.78. The molecule has 0 aromatic heterocycles. The summed E-state index contributed by atoms with van der Waals surface area (Å²) in [6, 6.07) is 9.95. The Kier molecular flexibility index (Phi) is 4.66. The van der Waals surface area contributed by atoms with Gasteiger partial charge < -0.3 is 5.32 Å². The molecule has 0 radical (unpaired) electrons. The van der Waals surface area contributed by atoms with E-state index in [1.807, 2.05) is 0 Å². The second-order valence-electron chi connectivity index (χ2n) is 7.42. The van der Waals surface area contributed by atoms with Crippen molar-refractivity contribution in [1.29, 1.82) is 0 Å². The summed E-state index contributed by atoms with van der Waals surface area (Å²) in [5, 5.41) is 3.61. The molecule has 3 rings (SSSR count). The zero-order chi connectivity index (χ0) is 14.7. The number of benzene rings is 1. The van der Waals surface area contributed by atoms with Crippen LogP contribution in [0.15, 0.2) is 24.3 Å². The highest BCUT2D eigenvalue weighted by Gasteiger charge is 2.28. The fourth-order valence-corrected chi connectivity index (χ4v) is 3.25. The number of nitrogens with one attached hydrogen (secondary N) is 1. The predicted octanol–water partition coefficient (Wildman–Crippen LogP) is 3.95. The number of nitrogens with zero attached hydrogens (tertiary/aromatic N) is 1. The Balaban J connectivity index is 1.51. The van der Waals surface area contributed by atoms with Gasteiger partial charge in [-0.25, -0.2) is 0 Å². The monoisotopic (exact) mass is 286 g/mol. The fraction of sp³-hybridized carbons (Fsp3) is 0.684. The zero-order valence-electron chi connectivity index (χ0n) is 13.7. The molecule has 1 saturated heterocycles. The highest BCUT2D eigenvalue weighted by Crippen LogP contribution is 2.34. The average Bonchev–Trinajstić information content (AvgIpc) is 3.33. The fourth-order valence-electron chi connectivity index (χ4n) is 3.25. The molecule has 1 N–H and O–H groups in total. The summed E-state index contributed by atoms with van der Waals surface area (Å²) in [5.74, 6) is 0. The third-order valence-corrected chi connectivity index (χ3v) is 5.49. The van der Waals surface area contributed by atoms with Crippen LogP contribution >= 0.6 is 0 Å². The van der Waals surface area contributed by atoms with Crippen molar-refractivity contribution in [2.24, 2.45) is 5.41 Å². The van der Waals surface area contributed by atoms with Crippen molar-refractivity contribution in [3.63, 3.8) is 0 Å². The van der Waals surface area contributed by atoms with Crippen LogP contribution in [0.1, 0.15) is 57.1 Å². The SMILES string of the molecule is CCC1(C)CCN(Cc2cccc(CNC3CC3)c2)CC1. The second-order valence-corrected chi connectivity index (χ2v) is 7.42. The Labute approximate surface area is 129 Å². The summed E-state index contributed by atoms with van der Waals surface area (Å²) in [6.07, 6.45) is 6.76. The van der Waals surface area contributed by atoms with Crippen LogP contribution in [0.25, 0.3) is 0 Å². The summed E-state index contributed by atoms with van der Waals surface area (Å²) in [6.45, 7) is 9.47. The highest BCUT2D eigenvalue weighted by molar-refractivity contribution is 5.23. The largest absolute Gasteiger partial charge is 0.310 e. The van der Waals surface area contributed by atoms with E-state index in [0.717, 1.165) is 19.1 Å². The van der Waals surface area contributed by atoms with E-state index in [-0.39, 0.29) is 0 Å². The maximum absolute atomic E-state index is 3.61. The quantitative estimate of drug-likeness (QED) is 0.852. The first-order chi connectivity index (χ1) is 10.2. The van der Waals surface area contributed by atoms with E-state index in [1.165, 1.54) is 56.3 Å². The van der Waals surface area contributed by atoms with E-state index < -0.39 is 0 Å². The molecule has 0 amide bonds. The van der Waals surface area contributed by atoms with Gasteiger partial charge in [-0.15, -0.1) is 0 Å². The predicted molar refractivity (Wildman–Crippen MR) is 89.2 cm³/mol. The van der Waals surface area contributed by atoms with Crippen LogP contribution < -0.4 is 5.32 Å². The van der Waals surface area contributed by atoms with Crippen molar-refractivity contribution in [1.82, 2.24) is 10.2 Å². The Morgan fingerprint density at radius 3 is 2.57 bits per heavy atom. The minimum Gasteiger partial charge on any atom is -0.310 e. The summed E-state index contributed by atoms with van der Waals surface area (Å²) < 4.78 is 0. The van der Waals surface area contributed by atoms with Gasteiger partial charge in [-0.3, -0.25) is 4.90 Å². The van der Waals surface area contributed by atoms with Gasteiger partial charge in [0.2, 0.25) is 0 Å². The van der Waals surface area contributed by atoms with Gasteiger partial charge >= 0.3 is 0 Å². The van der Waals surface area contributed by atoms with Gasteiger partial charge in [0.25, 0.3) is 0 Å². The zero-order valence-corrected chi connectivity index (χ0v) is 13.7.